The summed E-state index contributed by atoms with van der Waals surface area (Å²) < 4.78 is 4.73. The highest BCUT2D eigenvalue weighted by Gasteiger charge is 2.11. The van der Waals surface area contributed by atoms with Gasteiger partial charge in [0.1, 0.15) is 0 Å². The van der Waals surface area contributed by atoms with Crippen LogP contribution in [0.5, 0.6) is 0 Å². The number of ether oxygens (including phenoxy) is 1. The number of nitrogen functional groups attached to an aromatic ring is 1. The number of carbonyl (C=O) groups is 1. The van der Waals surface area contributed by atoms with Gasteiger partial charge in [0, 0.05) is 11.0 Å². The first-order chi connectivity index (χ1) is 8.10. The first-order valence-corrected chi connectivity index (χ1v) is 6.43. The SMILES string of the molecule is COC(=O)c1cc(C=CCCBr)cc(N)c1C. The molecule has 0 aliphatic rings. The molecule has 1 aromatic carbocycles. The lowest BCUT2D eigenvalue weighted by molar-refractivity contribution is 0.0600. The fourth-order valence-electron chi connectivity index (χ4n) is 1.46. The minimum absolute atomic E-state index is 0.357. The quantitative estimate of drug-likeness (QED) is 0.528. The largest absolute Gasteiger partial charge is 0.465 e. The second-order valence-electron chi connectivity index (χ2n) is 3.65. The molecule has 0 aromatic heterocycles. The molecule has 0 radical (unpaired) electrons. The lowest BCUT2D eigenvalue weighted by Crippen LogP contribution is -2.06. The predicted octanol–water partition coefficient (Wildman–Crippen LogP) is 3.16. The van der Waals surface area contributed by atoms with Crippen molar-refractivity contribution in [2.24, 2.45) is 0 Å². The van der Waals surface area contributed by atoms with Crippen LogP contribution in [-0.2, 0) is 4.74 Å². The van der Waals surface area contributed by atoms with Crippen LogP contribution in [0, 0.1) is 6.92 Å². The van der Waals surface area contributed by atoms with E-state index in [9.17, 15) is 4.79 Å². The number of hydrogen-bond acceptors (Lipinski definition) is 3. The average molecular weight is 298 g/mol. The van der Waals surface area contributed by atoms with Crippen LogP contribution in [0.4, 0.5) is 5.69 Å². The minimum atomic E-state index is -0.357. The highest BCUT2D eigenvalue weighted by molar-refractivity contribution is 9.09. The van der Waals surface area contributed by atoms with E-state index in [4.69, 9.17) is 10.5 Å². The molecule has 0 aliphatic carbocycles. The summed E-state index contributed by atoms with van der Waals surface area (Å²) in [5, 5.41) is 0.911. The van der Waals surface area contributed by atoms with Crippen molar-refractivity contribution < 1.29 is 9.53 Å². The molecule has 2 N–H and O–H groups in total. The van der Waals surface area contributed by atoms with E-state index in [0.29, 0.717) is 11.3 Å². The zero-order valence-electron chi connectivity index (χ0n) is 10.00. The summed E-state index contributed by atoms with van der Waals surface area (Å²) in [4.78, 5) is 11.6. The molecule has 17 heavy (non-hydrogen) atoms. The summed E-state index contributed by atoms with van der Waals surface area (Å²) in [6, 6.07) is 3.65. The second-order valence-corrected chi connectivity index (χ2v) is 4.45. The lowest BCUT2D eigenvalue weighted by Gasteiger charge is -2.08. The van der Waals surface area contributed by atoms with E-state index in [1.54, 1.807) is 6.07 Å². The summed E-state index contributed by atoms with van der Waals surface area (Å²) in [6.45, 7) is 1.81. The molecule has 0 atom stereocenters. The highest BCUT2D eigenvalue weighted by Crippen LogP contribution is 2.21. The van der Waals surface area contributed by atoms with Gasteiger partial charge in [0.2, 0.25) is 0 Å². The lowest BCUT2D eigenvalue weighted by atomic mass is 10.0. The highest BCUT2D eigenvalue weighted by atomic mass is 79.9. The first kappa shape index (κ1) is 13.8. The summed E-state index contributed by atoms with van der Waals surface area (Å²) >= 11 is 3.35. The summed E-state index contributed by atoms with van der Waals surface area (Å²) in [5.74, 6) is -0.357. The van der Waals surface area contributed by atoms with Crippen LogP contribution in [0.3, 0.4) is 0 Å². The maximum Gasteiger partial charge on any atom is 0.338 e. The number of hydrogen-bond donors (Lipinski definition) is 1. The molecule has 0 amide bonds. The molecule has 92 valence electrons. The topological polar surface area (TPSA) is 52.3 Å². The van der Waals surface area contributed by atoms with Gasteiger partial charge in [0.05, 0.1) is 12.7 Å². The second kappa shape index (κ2) is 6.45. The van der Waals surface area contributed by atoms with E-state index in [0.717, 1.165) is 22.9 Å². The Balaban J connectivity index is 3.10. The number of anilines is 1. The Morgan fingerprint density at radius 1 is 1.53 bits per heavy atom. The smallest absolute Gasteiger partial charge is 0.338 e. The number of carbonyl (C=O) groups excluding carboxylic acids is 1. The number of nitrogens with two attached hydrogens (primary N) is 1. The van der Waals surface area contributed by atoms with Crippen LogP contribution in [0.2, 0.25) is 0 Å². The average Bonchev–Trinajstić information content (AvgIpc) is 2.32. The number of alkyl halides is 1. The summed E-state index contributed by atoms with van der Waals surface area (Å²) in [7, 11) is 1.37. The Morgan fingerprint density at radius 2 is 2.24 bits per heavy atom. The fourth-order valence-corrected chi connectivity index (χ4v) is 1.72. The van der Waals surface area contributed by atoms with E-state index in [1.165, 1.54) is 7.11 Å². The van der Waals surface area contributed by atoms with Crippen molar-refractivity contribution in [3.05, 3.63) is 34.9 Å². The van der Waals surface area contributed by atoms with Crippen LogP contribution in [0.25, 0.3) is 6.08 Å². The molecule has 1 aromatic rings. The molecule has 1 rings (SSSR count). The Bertz CT molecular complexity index is 441. The van der Waals surface area contributed by atoms with Crippen molar-refractivity contribution in [1.29, 1.82) is 0 Å². The third-order valence-electron chi connectivity index (χ3n) is 2.46. The minimum Gasteiger partial charge on any atom is -0.465 e. The molecule has 0 heterocycles. The van der Waals surface area contributed by atoms with Gasteiger partial charge in [-0.15, -0.1) is 0 Å². The van der Waals surface area contributed by atoms with Crippen LogP contribution in [-0.4, -0.2) is 18.4 Å². The molecular formula is C13H16BrNO2. The number of methoxy groups -OCH3 is 1. The van der Waals surface area contributed by atoms with Gasteiger partial charge in [0.15, 0.2) is 0 Å². The maximum absolute atomic E-state index is 11.6. The standard InChI is InChI=1S/C13H16BrNO2/c1-9-11(13(16)17-2)7-10(8-12(9)15)5-3-4-6-14/h3,5,7-8H,4,6,15H2,1-2H3. The van der Waals surface area contributed by atoms with Gasteiger partial charge in [-0.25, -0.2) is 4.79 Å². The van der Waals surface area contributed by atoms with Gasteiger partial charge >= 0.3 is 5.97 Å². The molecule has 0 spiro atoms. The Morgan fingerprint density at radius 3 is 2.82 bits per heavy atom. The Hall–Kier alpha value is -1.29. The molecule has 0 bridgehead atoms. The molecule has 3 nitrogen and oxygen atoms in total. The van der Waals surface area contributed by atoms with Crippen molar-refractivity contribution in [2.75, 3.05) is 18.2 Å². The van der Waals surface area contributed by atoms with E-state index in [-0.39, 0.29) is 5.97 Å². The summed E-state index contributed by atoms with van der Waals surface area (Å²) in [6.07, 6.45) is 4.91. The predicted molar refractivity (Wildman–Crippen MR) is 74.4 cm³/mol. The molecule has 4 heteroatoms. The first-order valence-electron chi connectivity index (χ1n) is 5.31. The van der Waals surface area contributed by atoms with Gasteiger partial charge in [-0.1, -0.05) is 28.1 Å². The number of allylic oxidation sites excluding steroid dienone is 1. The Kier molecular flexibility index (Phi) is 5.22. The molecule has 0 saturated heterocycles. The third-order valence-corrected chi connectivity index (χ3v) is 2.92. The van der Waals surface area contributed by atoms with E-state index in [2.05, 4.69) is 15.9 Å². The van der Waals surface area contributed by atoms with Crippen LogP contribution in [0.1, 0.15) is 27.9 Å². The van der Waals surface area contributed by atoms with Crippen LogP contribution in [0.15, 0.2) is 18.2 Å². The molecule has 0 saturated carbocycles. The maximum atomic E-state index is 11.6. The van der Waals surface area contributed by atoms with E-state index in [1.807, 2.05) is 25.1 Å². The molecule has 0 unspecified atom stereocenters. The van der Waals surface area contributed by atoms with Crippen molar-refractivity contribution in [1.82, 2.24) is 0 Å². The molecule has 0 fully saturated rings. The van der Waals surface area contributed by atoms with Crippen molar-refractivity contribution in [3.8, 4) is 0 Å². The summed E-state index contributed by atoms with van der Waals surface area (Å²) in [5.41, 5.74) is 8.66. The van der Waals surface area contributed by atoms with E-state index < -0.39 is 0 Å². The number of benzene rings is 1. The van der Waals surface area contributed by atoms with Crippen molar-refractivity contribution >= 4 is 33.7 Å². The number of esters is 1. The zero-order chi connectivity index (χ0) is 12.8. The van der Waals surface area contributed by atoms with Gasteiger partial charge < -0.3 is 10.5 Å². The van der Waals surface area contributed by atoms with Crippen molar-refractivity contribution in [3.63, 3.8) is 0 Å². The normalized spacial score (nSPS) is 10.8. The van der Waals surface area contributed by atoms with Gasteiger partial charge in [-0.3, -0.25) is 0 Å². The molecular weight excluding hydrogens is 282 g/mol. The Labute approximate surface area is 110 Å². The zero-order valence-corrected chi connectivity index (χ0v) is 11.6. The van der Waals surface area contributed by atoms with Crippen LogP contribution < -0.4 is 5.73 Å². The monoisotopic (exact) mass is 297 g/mol. The van der Waals surface area contributed by atoms with E-state index >= 15 is 0 Å². The van der Waals surface area contributed by atoms with Gasteiger partial charge in [-0.2, -0.15) is 0 Å². The van der Waals surface area contributed by atoms with Gasteiger partial charge in [0.25, 0.3) is 0 Å². The number of rotatable bonds is 4. The van der Waals surface area contributed by atoms with Crippen LogP contribution >= 0.6 is 15.9 Å². The molecule has 0 aliphatic heterocycles. The third kappa shape index (κ3) is 3.60. The fraction of sp³-hybridized carbons (Fsp3) is 0.308. The van der Waals surface area contributed by atoms with Gasteiger partial charge in [-0.05, 0) is 36.6 Å². The number of halogens is 1. The van der Waals surface area contributed by atoms with Crippen molar-refractivity contribution in [2.45, 2.75) is 13.3 Å².